The molecule has 0 bridgehead atoms. The lowest BCUT2D eigenvalue weighted by molar-refractivity contribution is -0.330. The Hall–Kier alpha value is -1.10. The second-order valence-corrected chi connectivity index (χ2v) is 3.17. The molecule has 0 amide bonds. The molecule has 0 saturated heterocycles. The van der Waals surface area contributed by atoms with E-state index in [9.17, 15) is 52.7 Å². The van der Waals surface area contributed by atoms with Gasteiger partial charge in [-0.05, 0) is 0 Å². The monoisotopic (exact) mass is 314 g/mol. The molecule has 0 aromatic rings. The van der Waals surface area contributed by atoms with E-state index in [1.165, 1.54) is 0 Å². The maximum atomic E-state index is 12.9. The molecule has 0 radical (unpaired) electrons. The molecule has 0 saturated carbocycles. The molecule has 114 valence electrons. The van der Waals surface area contributed by atoms with Crippen molar-refractivity contribution in [1.82, 2.24) is 0 Å². The number of allylic oxidation sites excluding steroid dienone is 1. The maximum absolute atomic E-state index is 12.9. The van der Waals surface area contributed by atoms with Crippen molar-refractivity contribution in [2.75, 3.05) is 0 Å². The van der Waals surface area contributed by atoms with Crippen molar-refractivity contribution in [3.63, 3.8) is 0 Å². The molecule has 0 spiro atoms. The summed E-state index contributed by atoms with van der Waals surface area (Å²) in [7, 11) is 0. The average molecular weight is 314 g/mol. The molecule has 0 nitrogen and oxygen atoms in total. The van der Waals surface area contributed by atoms with Crippen LogP contribution in [0.25, 0.3) is 0 Å². The smallest absolute Gasteiger partial charge is 0.230 e. The summed E-state index contributed by atoms with van der Waals surface area (Å²) in [6, 6.07) is 0. The third-order valence-corrected chi connectivity index (χ3v) is 1.81. The summed E-state index contributed by atoms with van der Waals surface area (Å²) >= 11 is 0. The molecule has 0 aromatic heterocycles. The van der Waals surface area contributed by atoms with Crippen molar-refractivity contribution >= 4 is 0 Å². The minimum atomic E-state index is -6.89. The van der Waals surface area contributed by atoms with Gasteiger partial charge in [-0.15, -0.1) is 0 Å². The Morgan fingerprint density at radius 2 is 1.16 bits per heavy atom. The van der Waals surface area contributed by atoms with Crippen molar-refractivity contribution < 1.29 is 52.7 Å². The second-order valence-electron chi connectivity index (χ2n) is 3.17. The van der Waals surface area contributed by atoms with Crippen molar-refractivity contribution in [3.8, 4) is 0 Å². The number of alkyl halides is 10. The molecular formula is C7H2F12. The molecule has 2 unspecified atom stereocenters. The van der Waals surface area contributed by atoms with Crippen molar-refractivity contribution in [2.45, 2.75) is 30.1 Å². The zero-order valence-corrected chi connectivity index (χ0v) is 8.19. The largest absolute Gasteiger partial charge is 0.432 e. The van der Waals surface area contributed by atoms with Crippen LogP contribution in [0.15, 0.2) is 12.2 Å². The number of hydrogen-bond donors (Lipinski definition) is 0. The van der Waals surface area contributed by atoms with E-state index >= 15 is 0 Å². The first kappa shape index (κ1) is 17.9. The Balaban J connectivity index is 5.97. The number of rotatable bonds is 3. The third kappa shape index (κ3) is 3.26. The predicted molar refractivity (Wildman–Crippen MR) is 36.1 cm³/mol. The van der Waals surface area contributed by atoms with E-state index in [4.69, 9.17) is 0 Å². The molecule has 0 rings (SSSR count). The first-order chi connectivity index (χ1) is 8.07. The van der Waals surface area contributed by atoms with Gasteiger partial charge < -0.3 is 0 Å². The molecule has 0 aliphatic rings. The first-order valence-electron chi connectivity index (χ1n) is 3.95. The second kappa shape index (κ2) is 4.78. The molecule has 12 heteroatoms. The van der Waals surface area contributed by atoms with Crippen molar-refractivity contribution in [3.05, 3.63) is 12.2 Å². The molecule has 0 N–H and O–H groups in total. The normalized spacial score (nSPS) is 18.7. The van der Waals surface area contributed by atoms with E-state index in [1.807, 2.05) is 0 Å². The van der Waals surface area contributed by atoms with E-state index in [1.54, 1.807) is 0 Å². The van der Waals surface area contributed by atoms with Gasteiger partial charge in [0.1, 0.15) is 0 Å². The summed E-state index contributed by atoms with van der Waals surface area (Å²) in [5.41, 5.74) is -6.51. The Bertz CT molecular complexity index is 344. The zero-order valence-electron chi connectivity index (χ0n) is 8.19. The molecule has 0 heterocycles. The molecule has 0 aliphatic heterocycles. The Labute approximate surface area is 96.2 Å². The summed E-state index contributed by atoms with van der Waals surface area (Å²) in [6.07, 6.45) is -24.9. The van der Waals surface area contributed by atoms with Crippen LogP contribution in [0, 0.1) is 0 Å². The van der Waals surface area contributed by atoms with E-state index in [-0.39, 0.29) is 0 Å². The Kier molecular flexibility index (Phi) is 4.50. The van der Waals surface area contributed by atoms with Crippen LogP contribution in [0.1, 0.15) is 0 Å². The third-order valence-electron chi connectivity index (χ3n) is 1.81. The Morgan fingerprint density at radius 3 is 1.37 bits per heavy atom. The SMILES string of the molecule is FC(F)=CC(F)(C(F)(F)F)C(F)(F)C(F)C(F)(F)F. The standard InChI is InChI=1S/C7H2F12/c8-2(9)1-4(11,7(17,18)19)5(12,13)3(10)6(14,15)16/h1,3H. The summed E-state index contributed by atoms with van der Waals surface area (Å²) in [5, 5.41) is 0. The molecule has 2 atom stereocenters. The van der Waals surface area contributed by atoms with E-state index < -0.39 is 42.3 Å². The lowest BCUT2D eigenvalue weighted by Crippen LogP contribution is -2.61. The summed E-state index contributed by atoms with van der Waals surface area (Å²) in [6.45, 7) is 0. The lowest BCUT2D eigenvalue weighted by Gasteiger charge is -2.34. The highest BCUT2D eigenvalue weighted by molar-refractivity contribution is 5.17. The molecule has 0 aromatic carbocycles. The molecule has 0 aliphatic carbocycles. The summed E-state index contributed by atoms with van der Waals surface area (Å²) < 4.78 is 144. The summed E-state index contributed by atoms with van der Waals surface area (Å²) in [4.78, 5) is 0. The highest BCUT2D eigenvalue weighted by Crippen LogP contribution is 2.52. The van der Waals surface area contributed by atoms with Gasteiger partial charge in [0.05, 0.1) is 0 Å². The number of halogens is 12. The fraction of sp³-hybridized carbons (Fsp3) is 0.714. The highest BCUT2D eigenvalue weighted by atomic mass is 19.4. The summed E-state index contributed by atoms with van der Waals surface area (Å²) in [5.74, 6) is -6.83. The average Bonchev–Trinajstić information content (AvgIpc) is 2.11. The van der Waals surface area contributed by atoms with Crippen molar-refractivity contribution in [2.24, 2.45) is 0 Å². The molecule has 19 heavy (non-hydrogen) atoms. The highest BCUT2D eigenvalue weighted by Gasteiger charge is 2.77. The number of hydrogen-bond acceptors (Lipinski definition) is 0. The van der Waals surface area contributed by atoms with E-state index in [0.717, 1.165) is 0 Å². The van der Waals surface area contributed by atoms with Crippen LogP contribution in [0.3, 0.4) is 0 Å². The van der Waals surface area contributed by atoms with Gasteiger partial charge in [-0.2, -0.15) is 43.9 Å². The van der Waals surface area contributed by atoms with Gasteiger partial charge >= 0.3 is 18.3 Å². The zero-order chi connectivity index (χ0) is 15.9. The molecular weight excluding hydrogens is 312 g/mol. The van der Waals surface area contributed by atoms with E-state index in [2.05, 4.69) is 0 Å². The topological polar surface area (TPSA) is 0 Å². The fourth-order valence-electron chi connectivity index (χ4n) is 0.907. The maximum Gasteiger partial charge on any atom is 0.432 e. The van der Waals surface area contributed by atoms with Gasteiger partial charge in [0.2, 0.25) is 0 Å². The molecule has 0 fully saturated rings. The van der Waals surface area contributed by atoms with Gasteiger partial charge in [0, 0.05) is 6.08 Å². The Morgan fingerprint density at radius 1 is 0.789 bits per heavy atom. The van der Waals surface area contributed by atoms with Crippen molar-refractivity contribution in [1.29, 1.82) is 0 Å². The van der Waals surface area contributed by atoms with Crippen LogP contribution in [0.4, 0.5) is 52.7 Å². The van der Waals surface area contributed by atoms with Gasteiger partial charge in [-0.25, -0.2) is 8.78 Å². The quantitative estimate of drug-likeness (QED) is 0.669. The van der Waals surface area contributed by atoms with Crippen LogP contribution in [0.2, 0.25) is 0 Å². The van der Waals surface area contributed by atoms with Gasteiger partial charge in [-0.1, -0.05) is 0 Å². The minimum absolute atomic E-state index is 2.11. The van der Waals surface area contributed by atoms with Crippen LogP contribution < -0.4 is 0 Å². The van der Waals surface area contributed by atoms with Gasteiger partial charge in [-0.3, -0.25) is 0 Å². The lowest BCUT2D eigenvalue weighted by atomic mass is 9.92. The first-order valence-corrected chi connectivity index (χ1v) is 3.95. The van der Waals surface area contributed by atoms with Crippen LogP contribution in [0.5, 0.6) is 0 Å². The van der Waals surface area contributed by atoms with Crippen LogP contribution in [-0.2, 0) is 0 Å². The van der Waals surface area contributed by atoms with Crippen LogP contribution in [-0.4, -0.2) is 30.1 Å². The van der Waals surface area contributed by atoms with E-state index in [0.29, 0.717) is 0 Å². The predicted octanol–water partition coefficient (Wildman–Crippen LogP) is 4.57. The minimum Gasteiger partial charge on any atom is -0.230 e. The fourth-order valence-corrected chi connectivity index (χ4v) is 0.907. The van der Waals surface area contributed by atoms with Gasteiger partial charge in [0.25, 0.3) is 17.9 Å². The van der Waals surface area contributed by atoms with Gasteiger partial charge in [0.15, 0.2) is 0 Å². The van der Waals surface area contributed by atoms with Crippen LogP contribution >= 0.6 is 0 Å².